The molecule has 0 aliphatic heterocycles. The molecule has 0 bridgehead atoms. The van der Waals surface area contributed by atoms with Crippen molar-refractivity contribution in [3.63, 3.8) is 0 Å². The maximum absolute atomic E-state index is 11.7. The first-order valence-electron chi connectivity index (χ1n) is 6.21. The van der Waals surface area contributed by atoms with E-state index in [1.165, 1.54) is 19.2 Å². The molecule has 8 heteroatoms. The minimum atomic E-state index is -0.968. The molecule has 1 aromatic carbocycles. The summed E-state index contributed by atoms with van der Waals surface area (Å²) in [4.78, 5) is 33.7. The molecule has 21 heavy (non-hydrogen) atoms. The molecule has 0 aromatic heterocycles. The molecule has 0 unspecified atom stereocenters. The van der Waals surface area contributed by atoms with E-state index in [9.17, 15) is 19.7 Å². The standard InChI is InChI=1S/C13H17N3O5/c1-8-4-5-10(11(6-8)16(19)20)15-13(18)12(17)14-9(2)7-21-3/h4-6,9H,7H2,1-3H3,(H,14,17)(H,15,18)/t9-/m0/s1. The maximum atomic E-state index is 11.7. The molecule has 1 atom stereocenters. The van der Waals surface area contributed by atoms with Crippen LogP contribution < -0.4 is 10.6 Å². The van der Waals surface area contributed by atoms with E-state index in [1.807, 2.05) is 0 Å². The summed E-state index contributed by atoms with van der Waals surface area (Å²) in [7, 11) is 1.47. The van der Waals surface area contributed by atoms with E-state index >= 15 is 0 Å². The van der Waals surface area contributed by atoms with Gasteiger partial charge in [0, 0.05) is 19.2 Å². The van der Waals surface area contributed by atoms with E-state index in [0.717, 1.165) is 0 Å². The van der Waals surface area contributed by atoms with Crippen LogP contribution in [0.1, 0.15) is 12.5 Å². The highest BCUT2D eigenvalue weighted by Gasteiger charge is 2.21. The van der Waals surface area contributed by atoms with Crippen LogP contribution in [0.2, 0.25) is 0 Å². The number of nitrogens with zero attached hydrogens (tertiary/aromatic N) is 1. The zero-order chi connectivity index (χ0) is 16.0. The Morgan fingerprint density at radius 1 is 1.38 bits per heavy atom. The van der Waals surface area contributed by atoms with Crippen molar-refractivity contribution in [3.8, 4) is 0 Å². The lowest BCUT2D eigenvalue weighted by molar-refractivity contribution is -0.384. The number of amides is 2. The lowest BCUT2D eigenvalue weighted by atomic mass is 10.2. The SMILES string of the molecule is COC[C@H](C)NC(=O)C(=O)Nc1ccc(C)cc1[N+](=O)[O-]. The molecule has 0 aliphatic carbocycles. The number of ether oxygens (including phenoxy) is 1. The summed E-state index contributed by atoms with van der Waals surface area (Å²) in [5.41, 5.74) is 0.393. The fourth-order valence-electron chi connectivity index (χ4n) is 1.66. The van der Waals surface area contributed by atoms with Crippen molar-refractivity contribution in [2.24, 2.45) is 0 Å². The van der Waals surface area contributed by atoms with Crippen LogP contribution in [-0.2, 0) is 14.3 Å². The van der Waals surface area contributed by atoms with E-state index in [2.05, 4.69) is 10.6 Å². The van der Waals surface area contributed by atoms with E-state index in [-0.39, 0.29) is 24.0 Å². The third-order valence-corrected chi connectivity index (χ3v) is 2.60. The Morgan fingerprint density at radius 2 is 2.05 bits per heavy atom. The molecule has 114 valence electrons. The van der Waals surface area contributed by atoms with Gasteiger partial charge in [0.25, 0.3) is 5.69 Å². The zero-order valence-corrected chi connectivity index (χ0v) is 12.0. The normalized spacial score (nSPS) is 11.6. The third-order valence-electron chi connectivity index (χ3n) is 2.60. The Hall–Kier alpha value is -2.48. The number of hydrogen-bond donors (Lipinski definition) is 2. The Balaban J connectivity index is 2.79. The number of anilines is 1. The van der Waals surface area contributed by atoms with Gasteiger partial charge in [-0.25, -0.2) is 0 Å². The predicted molar refractivity (Wildman–Crippen MR) is 75.9 cm³/mol. The molecule has 0 heterocycles. The van der Waals surface area contributed by atoms with Gasteiger partial charge in [-0.05, 0) is 25.5 Å². The van der Waals surface area contributed by atoms with E-state index in [0.29, 0.717) is 5.56 Å². The molecule has 0 fully saturated rings. The summed E-state index contributed by atoms with van der Waals surface area (Å²) >= 11 is 0. The number of nitro benzene ring substituents is 1. The Morgan fingerprint density at radius 3 is 2.62 bits per heavy atom. The highest BCUT2D eigenvalue weighted by molar-refractivity contribution is 6.39. The second-order valence-electron chi connectivity index (χ2n) is 4.56. The Bertz CT molecular complexity index is 559. The summed E-state index contributed by atoms with van der Waals surface area (Å²) in [6.45, 7) is 3.62. The minimum absolute atomic E-state index is 0.0230. The van der Waals surface area contributed by atoms with Gasteiger partial charge in [0.1, 0.15) is 5.69 Å². The van der Waals surface area contributed by atoms with Gasteiger partial charge in [-0.15, -0.1) is 0 Å². The van der Waals surface area contributed by atoms with Crippen LogP contribution in [0, 0.1) is 17.0 Å². The monoisotopic (exact) mass is 295 g/mol. The number of nitrogens with one attached hydrogen (secondary N) is 2. The van der Waals surface area contributed by atoms with Crippen molar-refractivity contribution in [2.75, 3.05) is 19.0 Å². The van der Waals surface area contributed by atoms with Gasteiger partial charge in [0.2, 0.25) is 0 Å². The smallest absolute Gasteiger partial charge is 0.313 e. The number of aryl methyl sites for hydroxylation is 1. The first kappa shape index (κ1) is 16.6. The van der Waals surface area contributed by atoms with E-state index in [1.54, 1.807) is 19.9 Å². The van der Waals surface area contributed by atoms with Crippen LogP contribution >= 0.6 is 0 Å². The van der Waals surface area contributed by atoms with Gasteiger partial charge in [-0.3, -0.25) is 19.7 Å². The third kappa shape index (κ3) is 4.84. The summed E-state index contributed by atoms with van der Waals surface area (Å²) in [6.07, 6.45) is 0. The lowest BCUT2D eigenvalue weighted by Crippen LogP contribution is -2.42. The quantitative estimate of drug-likeness (QED) is 0.478. The van der Waals surface area contributed by atoms with E-state index in [4.69, 9.17) is 4.74 Å². The fraction of sp³-hybridized carbons (Fsp3) is 0.385. The van der Waals surface area contributed by atoms with Crippen molar-refractivity contribution in [2.45, 2.75) is 19.9 Å². The molecular formula is C13H17N3O5. The van der Waals surface area contributed by atoms with Crippen molar-refractivity contribution in [1.82, 2.24) is 5.32 Å². The first-order chi connectivity index (χ1) is 9.85. The summed E-state index contributed by atoms with van der Waals surface area (Å²) in [5, 5.41) is 15.6. The van der Waals surface area contributed by atoms with Crippen LogP contribution in [0.25, 0.3) is 0 Å². The highest BCUT2D eigenvalue weighted by atomic mass is 16.6. The number of nitro groups is 1. The van der Waals surface area contributed by atoms with Crippen LogP contribution in [0.3, 0.4) is 0 Å². The number of methoxy groups -OCH3 is 1. The molecule has 0 radical (unpaired) electrons. The number of carbonyl (C=O) groups is 2. The van der Waals surface area contributed by atoms with Gasteiger partial charge >= 0.3 is 11.8 Å². The van der Waals surface area contributed by atoms with Crippen molar-refractivity contribution in [1.29, 1.82) is 0 Å². The van der Waals surface area contributed by atoms with Gasteiger partial charge in [-0.1, -0.05) is 6.07 Å². The molecule has 0 saturated heterocycles. The van der Waals surface area contributed by atoms with E-state index < -0.39 is 16.7 Å². The topological polar surface area (TPSA) is 111 Å². The number of hydrogen-bond acceptors (Lipinski definition) is 5. The molecule has 2 amide bonds. The summed E-state index contributed by atoms with van der Waals surface area (Å²) in [6, 6.07) is 3.97. The molecule has 1 aromatic rings. The van der Waals surface area contributed by atoms with Gasteiger partial charge in [0.05, 0.1) is 11.5 Å². The average Bonchev–Trinajstić information content (AvgIpc) is 2.40. The average molecular weight is 295 g/mol. The van der Waals surface area contributed by atoms with Crippen LogP contribution in [-0.4, -0.2) is 36.5 Å². The molecule has 2 N–H and O–H groups in total. The van der Waals surface area contributed by atoms with Crippen molar-refractivity contribution < 1.29 is 19.2 Å². The van der Waals surface area contributed by atoms with Crippen LogP contribution in [0.5, 0.6) is 0 Å². The second kappa shape index (κ2) is 7.34. The van der Waals surface area contributed by atoms with Crippen molar-refractivity contribution >= 4 is 23.2 Å². The van der Waals surface area contributed by atoms with Crippen LogP contribution in [0.4, 0.5) is 11.4 Å². The second-order valence-corrected chi connectivity index (χ2v) is 4.56. The molecule has 0 aliphatic rings. The highest BCUT2D eigenvalue weighted by Crippen LogP contribution is 2.25. The summed E-state index contributed by atoms with van der Waals surface area (Å²) in [5.74, 6) is -1.85. The number of carbonyl (C=O) groups excluding carboxylic acids is 2. The molecule has 0 spiro atoms. The molecule has 1 rings (SSSR count). The maximum Gasteiger partial charge on any atom is 0.313 e. The van der Waals surface area contributed by atoms with Crippen LogP contribution in [0.15, 0.2) is 18.2 Å². The lowest BCUT2D eigenvalue weighted by Gasteiger charge is -2.12. The fourth-order valence-corrected chi connectivity index (χ4v) is 1.66. The van der Waals surface area contributed by atoms with Gasteiger partial charge in [0.15, 0.2) is 0 Å². The molecule has 8 nitrogen and oxygen atoms in total. The zero-order valence-electron chi connectivity index (χ0n) is 12.0. The van der Waals surface area contributed by atoms with Gasteiger partial charge in [-0.2, -0.15) is 0 Å². The largest absolute Gasteiger partial charge is 0.383 e. The van der Waals surface area contributed by atoms with Gasteiger partial charge < -0.3 is 15.4 Å². The molecular weight excluding hydrogens is 278 g/mol. The molecule has 0 saturated carbocycles. The minimum Gasteiger partial charge on any atom is -0.383 e. The van der Waals surface area contributed by atoms with Crippen molar-refractivity contribution in [3.05, 3.63) is 33.9 Å². The summed E-state index contributed by atoms with van der Waals surface area (Å²) < 4.78 is 4.83. The Labute approximate surface area is 121 Å². The number of rotatable bonds is 5. The predicted octanol–water partition coefficient (Wildman–Crippen LogP) is 0.993. The first-order valence-corrected chi connectivity index (χ1v) is 6.21. The number of benzene rings is 1. The Kier molecular flexibility index (Phi) is 5.79.